The molecule has 6 nitrogen and oxygen atoms in total. The number of anilines is 1. The number of benzene rings is 1. The lowest BCUT2D eigenvalue weighted by Crippen LogP contribution is -2.27. The summed E-state index contributed by atoms with van der Waals surface area (Å²) in [6.45, 7) is 0.354. The van der Waals surface area contributed by atoms with Crippen LogP contribution in [0.25, 0.3) is 0 Å². The molecule has 1 aliphatic carbocycles. The summed E-state index contributed by atoms with van der Waals surface area (Å²) >= 11 is 5.95. The van der Waals surface area contributed by atoms with Crippen molar-refractivity contribution in [3.05, 3.63) is 53.3 Å². The van der Waals surface area contributed by atoms with E-state index in [0.717, 1.165) is 5.69 Å². The molecule has 0 saturated heterocycles. The number of pyridine rings is 1. The van der Waals surface area contributed by atoms with Crippen LogP contribution in [-0.2, 0) is 16.1 Å². The first-order valence-corrected chi connectivity index (χ1v) is 8.28. The Balaban J connectivity index is 1.53. The van der Waals surface area contributed by atoms with Gasteiger partial charge in [-0.15, -0.1) is 0 Å². The zero-order chi connectivity index (χ0) is 17.8. The Morgan fingerprint density at radius 1 is 1.24 bits per heavy atom. The van der Waals surface area contributed by atoms with Gasteiger partial charge < -0.3 is 15.4 Å². The number of halogens is 1. The number of aromatic nitrogens is 1. The van der Waals surface area contributed by atoms with Gasteiger partial charge in [-0.05, 0) is 36.8 Å². The summed E-state index contributed by atoms with van der Waals surface area (Å²) in [7, 11) is 1.52. The topological polar surface area (TPSA) is 80.3 Å². The van der Waals surface area contributed by atoms with Crippen LogP contribution in [0.4, 0.5) is 5.69 Å². The van der Waals surface area contributed by atoms with Crippen LogP contribution in [0.5, 0.6) is 5.75 Å². The second-order valence-electron chi connectivity index (χ2n) is 5.82. The summed E-state index contributed by atoms with van der Waals surface area (Å²) in [6.07, 6.45) is 2.20. The molecule has 2 N–H and O–H groups in total. The normalized spacial score (nSPS) is 18.3. The van der Waals surface area contributed by atoms with Crippen molar-refractivity contribution in [2.45, 2.75) is 13.0 Å². The fourth-order valence-electron chi connectivity index (χ4n) is 2.59. The van der Waals surface area contributed by atoms with E-state index in [2.05, 4.69) is 15.6 Å². The van der Waals surface area contributed by atoms with Crippen molar-refractivity contribution >= 4 is 29.1 Å². The monoisotopic (exact) mass is 359 g/mol. The van der Waals surface area contributed by atoms with Gasteiger partial charge in [0, 0.05) is 11.2 Å². The predicted molar refractivity (Wildman–Crippen MR) is 94.3 cm³/mol. The van der Waals surface area contributed by atoms with Crippen LogP contribution in [0.1, 0.15) is 12.1 Å². The minimum Gasteiger partial charge on any atom is -0.495 e. The summed E-state index contributed by atoms with van der Waals surface area (Å²) < 4.78 is 5.20. The van der Waals surface area contributed by atoms with E-state index in [4.69, 9.17) is 16.3 Å². The molecule has 25 heavy (non-hydrogen) atoms. The third kappa shape index (κ3) is 4.28. The van der Waals surface area contributed by atoms with Crippen LogP contribution in [0.3, 0.4) is 0 Å². The Morgan fingerprint density at radius 2 is 2.04 bits per heavy atom. The number of ether oxygens (including phenoxy) is 1. The number of hydrogen-bond donors (Lipinski definition) is 2. The Morgan fingerprint density at radius 3 is 2.76 bits per heavy atom. The third-order valence-corrected chi connectivity index (χ3v) is 4.29. The SMILES string of the molecule is COc1ccc(Cl)cc1NC(=O)C1CC1C(=O)NCc1ccccn1. The minimum atomic E-state index is -0.340. The van der Waals surface area contributed by atoms with Crippen LogP contribution >= 0.6 is 11.6 Å². The van der Waals surface area contributed by atoms with Gasteiger partial charge in [-0.2, -0.15) is 0 Å². The Labute approximate surface area is 150 Å². The highest BCUT2D eigenvalue weighted by Gasteiger charge is 2.48. The minimum absolute atomic E-state index is 0.135. The quantitative estimate of drug-likeness (QED) is 0.830. The van der Waals surface area contributed by atoms with Crippen LogP contribution in [0.15, 0.2) is 42.6 Å². The molecule has 1 heterocycles. The van der Waals surface area contributed by atoms with E-state index in [1.165, 1.54) is 7.11 Å². The molecule has 3 rings (SSSR count). The molecule has 7 heteroatoms. The average molecular weight is 360 g/mol. The van der Waals surface area contributed by atoms with Gasteiger partial charge in [0.1, 0.15) is 5.75 Å². The molecule has 2 amide bonds. The van der Waals surface area contributed by atoms with Crippen molar-refractivity contribution < 1.29 is 14.3 Å². The molecule has 1 aromatic heterocycles. The molecule has 0 bridgehead atoms. The highest BCUT2D eigenvalue weighted by atomic mass is 35.5. The van der Waals surface area contributed by atoms with Crippen LogP contribution in [-0.4, -0.2) is 23.9 Å². The standard InChI is InChI=1S/C18H18ClN3O3/c1-25-16-6-5-11(19)8-15(16)22-18(24)14-9-13(14)17(23)21-10-12-4-2-3-7-20-12/h2-8,13-14H,9-10H2,1H3,(H,21,23)(H,22,24). The first-order chi connectivity index (χ1) is 12.1. The van der Waals surface area contributed by atoms with Gasteiger partial charge in [0.2, 0.25) is 11.8 Å². The molecule has 1 fully saturated rings. The Hall–Kier alpha value is -2.60. The highest BCUT2D eigenvalue weighted by Crippen LogP contribution is 2.40. The molecule has 0 aliphatic heterocycles. The molecular weight excluding hydrogens is 342 g/mol. The highest BCUT2D eigenvalue weighted by molar-refractivity contribution is 6.31. The second-order valence-corrected chi connectivity index (χ2v) is 6.26. The van der Waals surface area contributed by atoms with Crippen molar-refractivity contribution in [3.8, 4) is 5.75 Å². The fraction of sp³-hybridized carbons (Fsp3) is 0.278. The summed E-state index contributed by atoms with van der Waals surface area (Å²) in [5.41, 5.74) is 1.28. The lowest BCUT2D eigenvalue weighted by atomic mass is 10.2. The molecule has 2 aromatic rings. The number of carbonyl (C=O) groups excluding carboxylic acids is 2. The van der Waals surface area contributed by atoms with E-state index in [1.807, 2.05) is 18.2 Å². The second kappa shape index (κ2) is 7.53. The molecule has 2 atom stereocenters. The van der Waals surface area contributed by atoms with Crippen molar-refractivity contribution in [2.75, 3.05) is 12.4 Å². The van der Waals surface area contributed by atoms with Gasteiger partial charge in [0.25, 0.3) is 0 Å². The molecule has 2 unspecified atom stereocenters. The van der Waals surface area contributed by atoms with Gasteiger partial charge >= 0.3 is 0 Å². The Bertz CT molecular complexity index is 782. The maximum Gasteiger partial charge on any atom is 0.228 e. The molecule has 0 spiro atoms. The van der Waals surface area contributed by atoms with E-state index in [-0.39, 0.29) is 23.7 Å². The number of nitrogens with zero attached hydrogens (tertiary/aromatic N) is 1. The molecule has 1 aliphatic rings. The smallest absolute Gasteiger partial charge is 0.228 e. The van der Waals surface area contributed by atoms with Crippen LogP contribution in [0, 0.1) is 11.8 Å². The fourth-order valence-corrected chi connectivity index (χ4v) is 2.76. The summed E-state index contributed by atoms with van der Waals surface area (Å²) in [5, 5.41) is 6.09. The van der Waals surface area contributed by atoms with Crippen molar-refractivity contribution in [3.63, 3.8) is 0 Å². The zero-order valence-corrected chi connectivity index (χ0v) is 14.4. The van der Waals surface area contributed by atoms with E-state index in [1.54, 1.807) is 24.4 Å². The van der Waals surface area contributed by atoms with Gasteiger partial charge in [-0.1, -0.05) is 17.7 Å². The molecule has 130 valence electrons. The van der Waals surface area contributed by atoms with Crippen LogP contribution in [0.2, 0.25) is 5.02 Å². The zero-order valence-electron chi connectivity index (χ0n) is 13.7. The molecule has 0 radical (unpaired) electrons. The van der Waals surface area contributed by atoms with Gasteiger partial charge in [-0.3, -0.25) is 14.6 Å². The van der Waals surface area contributed by atoms with Crippen molar-refractivity contribution in [2.24, 2.45) is 11.8 Å². The Kier molecular flexibility index (Phi) is 5.19. The largest absolute Gasteiger partial charge is 0.495 e. The summed E-state index contributed by atoms with van der Waals surface area (Å²) in [6, 6.07) is 10.5. The first kappa shape index (κ1) is 17.2. The van der Waals surface area contributed by atoms with Crippen molar-refractivity contribution in [1.29, 1.82) is 0 Å². The molecular formula is C18H18ClN3O3. The van der Waals surface area contributed by atoms with E-state index >= 15 is 0 Å². The lowest BCUT2D eigenvalue weighted by molar-refractivity contribution is -0.125. The number of hydrogen-bond acceptors (Lipinski definition) is 4. The van der Waals surface area contributed by atoms with Crippen molar-refractivity contribution in [1.82, 2.24) is 10.3 Å². The number of methoxy groups -OCH3 is 1. The number of carbonyl (C=O) groups is 2. The van der Waals surface area contributed by atoms with E-state index < -0.39 is 0 Å². The maximum atomic E-state index is 12.3. The third-order valence-electron chi connectivity index (χ3n) is 4.05. The number of amides is 2. The maximum absolute atomic E-state index is 12.3. The first-order valence-electron chi connectivity index (χ1n) is 7.90. The van der Waals surface area contributed by atoms with Gasteiger partial charge in [0.05, 0.1) is 36.9 Å². The molecule has 1 saturated carbocycles. The average Bonchev–Trinajstić information content (AvgIpc) is 3.42. The number of nitrogens with one attached hydrogen (secondary N) is 2. The number of rotatable bonds is 6. The van der Waals surface area contributed by atoms with Gasteiger partial charge in [-0.25, -0.2) is 0 Å². The summed E-state index contributed by atoms with van der Waals surface area (Å²) in [4.78, 5) is 28.6. The summed E-state index contributed by atoms with van der Waals surface area (Å²) in [5.74, 6) is -0.474. The predicted octanol–water partition coefficient (Wildman–Crippen LogP) is 2.63. The van der Waals surface area contributed by atoms with Gasteiger partial charge in [0.15, 0.2) is 0 Å². The van der Waals surface area contributed by atoms with E-state index in [9.17, 15) is 9.59 Å². The van der Waals surface area contributed by atoms with E-state index in [0.29, 0.717) is 29.4 Å². The lowest BCUT2D eigenvalue weighted by Gasteiger charge is -2.10. The molecule has 1 aromatic carbocycles. The van der Waals surface area contributed by atoms with Crippen LogP contribution < -0.4 is 15.4 Å².